The van der Waals surface area contributed by atoms with Gasteiger partial charge in [-0.05, 0) is 26.2 Å². The fraction of sp³-hybridized carbons (Fsp3) is 0.400. The van der Waals surface area contributed by atoms with E-state index in [-0.39, 0.29) is 0 Å². The number of ether oxygens (including phenoxy) is 1. The monoisotopic (exact) mass is 232 g/mol. The van der Waals surface area contributed by atoms with Crippen LogP contribution >= 0.6 is 0 Å². The van der Waals surface area contributed by atoms with E-state index in [0.29, 0.717) is 0 Å². The number of unbranched alkanes of at least 4 members (excludes halogenated alkanes) is 3. The second-order valence-corrected chi connectivity index (χ2v) is 3.38. The van der Waals surface area contributed by atoms with Gasteiger partial charge in [-0.15, -0.1) is 0 Å². The van der Waals surface area contributed by atoms with Crippen molar-refractivity contribution in [1.29, 1.82) is 0 Å². The standard InChI is InChI=1S/C15H20O2/c1-3-4-5-6-7-8-9-10-11-12-13-14-15(16)17-2/h3-8H,9-12H2,1-2H3/b4-3+,6-5+,8-7?. The van der Waals surface area contributed by atoms with E-state index in [0.717, 1.165) is 25.7 Å². The first-order valence-corrected chi connectivity index (χ1v) is 5.82. The second kappa shape index (κ2) is 12.3. The molecule has 0 fully saturated rings. The van der Waals surface area contributed by atoms with Crippen LogP contribution in [0, 0.1) is 11.8 Å². The molecule has 0 saturated heterocycles. The minimum Gasteiger partial charge on any atom is -0.459 e. The summed E-state index contributed by atoms with van der Waals surface area (Å²) < 4.78 is 4.41. The first kappa shape index (κ1) is 15.2. The quantitative estimate of drug-likeness (QED) is 0.231. The van der Waals surface area contributed by atoms with Crippen LogP contribution in [0.3, 0.4) is 0 Å². The summed E-state index contributed by atoms with van der Waals surface area (Å²) in [5.74, 6) is 4.73. The predicted octanol–water partition coefficient (Wildman–Crippen LogP) is 3.41. The Hall–Kier alpha value is -1.75. The molecule has 0 aromatic carbocycles. The van der Waals surface area contributed by atoms with E-state index in [1.54, 1.807) is 0 Å². The van der Waals surface area contributed by atoms with Crippen molar-refractivity contribution < 1.29 is 9.53 Å². The molecule has 92 valence electrons. The summed E-state index contributed by atoms with van der Waals surface area (Å²) in [6.45, 7) is 1.99. The smallest absolute Gasteiger partial charge is 0.384 e. The normalized spacial score (nSPS) is 10.9. The molecule has 0 amide bonds. The summed E-state index contributed by atoms with van der Waals surface area (Å²) in [6.07, 6.45) is 16.1. The van der Waals surface area contributed by atoms with E-state index in [9.17, 15) is 4.79 Å². The Morgan fingerprint density at radius 2 is 1.94 bits per heavy atom. The third-order valence-corrected chi connectivity index (χ3v) is 1.96. The second-order valence-electron chi connectivity index (χ2n) is 3.38. The average Bonchev–Trinajstić information content (AvgIpc) is 2.35. The molecule has 0 aliphatic heterocycles. The Labute approximate surface area is 104 Å². The highest BCUT2D eigenvalue weighted by Crippen LogP contribution is 1.99. The molecule has 0 aromatic rings. The van der Waals surface area contributed by atoms with Gasteiger partial charge in [0.2, 0.25) is 0 Å². The van der Waals surface area contributed by atoms with Gasteiger partial charge in [-0.3, -0.25) is 0 Å². The number of esters is 1. The lowest BCUT2D eigenvalue weighted by molar-refractivity contribution is -0.133. The molecule has 2 nitrogen and oxygen atoms in total. The van der Waals surface area contributed by atoms with Crippen LogP contribution in [0.25, 0.3) is 0 Å². The van der Waals surface area contributed by atoms with Crippen molar-refractivity contribution in [1.82, 2.24) is 0 Å². The Kier molecular flexibility index (Phi) is 11.1. The van der Waals surface area contributed by atoms with Crippen LogP contribution in [0.15, 0.2) is 36.5 Å². The zero-order valence-corrected chi connectivity index (χ0v) is 10.6. The molecule has 0 aromatic heterocycles. The van der Waals surface area contributed by atoms with Crippen LogP contribution in [0.1, 0.15) is 32.6 Å². The number of rotatable bonds is 6. The van der Waals surface area contributed by atoms with Crippen LogP contribution < -0.4 is 0 Å². The fourth-order valence-corrected chi connectivity index (χ4v) is 1.08. The van der Waals surface area contributed by atoms with E-state index in [1.165, 1.54) is 7.11 Å². The lowest BCUT2D eigenvalue weighted by Crippen LogP contribution is -1.94. The summed E-state index contributed by atoms with van der Waals surface area (Å²) in [5, 5.41) is 0. The van der Waals surface area contributed by atoms with Crippen molar-refractivity contribution in [2.45, 2.75) is 32.6 Å². The first-order valence-electron chi connectivity index (χ1n) is 5.82. The van der Waals surface area contributed by atoms with Gasteiger partial charge in [0.15, 0.2) is 0 Å². The Balaban J connectivity index is 3.45. The van der Waals surface area contributed by atoms with Gasteiger partial charge >= 0.3 is 5.97 Å². The molecule has 2 heteroatoms. The molecule has 0 rings (SSSR count). The Morgan fingerprint density at radius 3 is 2.65 bits per heavy atom. The third kappa shape index (κ3) is 12.2. The number of hydrogen-bond donors (Lipinski definition) is 0. The lowest BCUT2D eigenvalue weighted by atomic mass is 10.2. The molecule has 0 aliphatic carbocycles. The highest BCUT2D eigenvalue weighted by molar-refractivity contribution is 5.88. The van der Waals surface area contributed by atoms with E-state index >= 15 is 0 Å². The third-order valence-electron chi connectivity index (χ3n) is 1.96. The molecule has 17 heavy (non-hydrogen) atoms. The van der Waals surface area contributed by atoms with Gasteiger partial charge in [0, 0.05) is 12.3 Å². The summed E-state index contributed by atoms with van der Waals surface area (Å²) in [7, 11) is 1.34. The Morgan fingerprint density at radius 1 is 1.18 bits per heavy atom. The maximum atomic E-state index is 10.7. The van der Waals surface area contributed by atoms with Crippen LogP contribution in [0.4, 0.5) is 0 Å². The number of carbonyl (C=O) groups is 1. The van der Waals surface area contributed by atoms with Gasteiger partial charge in [-0.1, -0.05) is 42.4 Å². The highest BCUT2D eigenvalue weighted by Gasteiger charge is 1.88. The molecule has 0 aliphatic rings. The SMILES string of the molecule is C/C=C/C=C/C=CCCCCC#CC(=O)OC. The number of carbonyl (C=O) groups excluding carboxylic acids is 1. The summed E-state index contributed by atoms with van der Waals surface area (Å²) in [4.78, 5) is 10.7. The molecule has 0 atom stereocenters. The average molecular weight is 232 g/mol. The number of allylic oxidation sites excluding steroid dienone is 6. The summed E-state index contributed by atoms with van der Waals surface area (Å²) in [6, 6.07) is 0. The van der Waals surface area contributed by atoms with Crippen molar-refractivity contribution in [2.75, 3.05) is 7.11 Å². The first-order chi connectivity index (χ1) is 8.31. The van der Waals surface area contributed by atoms with Crippen molar-refractivity contribution >= 4 is 5.97 Å². The van der Waals surface area contributed by atoms with Crippen molar-refractivity contribution in [3.8, 4) is 11.8 Å². The molecular weight excluding hydrogens is 212 g/mol. The predicted molar refractivity (Wildman–Crippen MR) is 71.4 cm³/mol. The summed E-state index contributed by atoms with van der Waals surface area (Å²) in [5.41, 5.74) is 0. The molecule has 0 unspecified atom stereocenters. The fourth-order valence-electron chi connectivity index (χ4n) is 1.08. The van der Waals surface area contributed by atoms with Crippen LogP contribution in [-0.4, -0.2) is 13.1 Å². The largest absolute Gasteiger partial charge is 0.459 e. The minimum atomic E-state index is -0.459. The Bertz CT molecular complexity index is 338. The van der Waals surface area contributed by atoms with Crippen LogP contribution in [-0.2, 0) is 9.53 Å². The molecule has 0 N–H and O–H groups in total. The molecule has 0 spiro atoms. The molecular formula is C15H20O2. The van der Waals surface area contributed by atoms with Gasteiger partial charge in [0.25, 0.3) is 0 Å². The van der Waals surface area contributed by atoms with E-state index in [2.05, 4.69) is 22.7 Å². The van der Waals surface area contributed by atoms with Gasteiger partial charge < -0.3 is 4.74 Å². The zero-order chi connectivity index (χ0) is 12.8. The number of methoxy groups -OCH3 is 1. The molecule has 0 saturated carbocycles. The highest BCUT2D eigenvalue weighted by atomic mass is 16.5. The van der Waals surface area contributed by atoms with Gasteiger partial charge in [-0.25, -0.2) is 4.79 Å². The summed E-state index contributed by atoms with van der Waals surface area (Å²) >= 11 is 0. The molecule has 0 radical (unpaired) electrons. The maximum absolute atomic E-state index is 10.7. The van der Waals surface area contributed by atoms with Crippen LogP contribution in [0.2, 0.25) is 0 Å². The van der Waals surface area contributed by atoms with Gasteiger partial charge in [-0.2, -0.15) is 0 Å². The van der Waals surface area contributed by atoms with Crippen molar-refractivity contribution in [3.05, 3.63) is 36.5 Å². The van der Waals surface area contributed by atoms with Crippen molar-refractivity contribution in [3.63, 3.8) is 0 Å². The van der Waals surface area contributed by atoms with E-state index in [1.807, 2.05) is 37.3 Å². The maximum Gasteiger partial charge on any atom is 0.384 e. The van der Waals surface area contributed by atoms with E-state index in [4.69, 9.17) is 0 Å². The molecule has 0 bridgehead atoms. The van der Waals surface area contributed by atoms with Crippen LogP contribution in [0.5, 0.6) is 0 Å². The number of hydrogen-bond acceptors (Lipinski definition) is 2. The topological polar surface area (TPSA) is 26.3 Å². The lowest BCUT2D eigenvalue weighted by Gasteiger charge is -1.90. The van der Waals surface area contributed by atoms with Gasteiger partial charge in [0.1, 0.15) is 0 Å². The molecule has 0 heterocycles. The van der Waals surface area contributed by atoms with Crippen molar-refractivity contribution in [2.24, 2.45) is 0 Å². The minimum absolute atomic E-state index is 0.459. The van der Waals surface area contributed by atoms with Gasteiger partial charge in [0.05, 0.1) is 7.11 Å². The van der Waals surface area contributed by atoms with E-state index < -0.39 is 5.97 Å². The zero-order valence-electron chi connectivity index (χ0n) is 10.6.